The molecule has 3 rings (SSSR count). The molecule has 2 saturated heterocycles. The first-order valence-electron chi connectivity index (χ1n) is 8.89. The smallest absolute Gasteiger partial charge is 0.317 e. The molecule has 2 fully saturated rings. The third kappa shape index (κ3) is 5.08. The van der Waals surface area contributed by atoms with Gasteiger partial charge in [-0.2, -0.15) is 0 Å². The number of nitrogens with zero attached hydrogens (tertiary/aromatic N) is 2. The molecule has 2 heterocycles. The molecule has 0 aromatic heterocycles. The fraction of sp³-hybridized carbons (Fsp3) is 0.526. The van der Waals surface area contributed by atoms with Gasteiger partial charge >= 0.3 is 6.03 Å². The van der Waals surface area contributed by atoms with Crippen LogP contribution in [0.4, 0.5) is 4.79 Å². The van der Waals surface area contributed by atoms with Crippen molar-refractivity contribution in [1.29, 1.82) is 0 Å². The molecule has 1 aromatic rings. The number of benzene rings is 1. The van der Waals surface area contributed by atoms with Crippen molar-refractivity contribution in [3.05, 3.63) is 42.0 Å². The lowest BCUT2D eigenvalue weighted by Crippen LogP contribution is -2.52. The number of urea groups is 1. The number of hydrogen-bond acceptors (Lipinski definition) is 3. The molecule has 0 radical (unpaired) electrons. The maximum absolute atomic E-state index is 12.2. The fourth-order valence-corrected chi connectivity index (χ4v) is 3.15. The van der Waals surface area contributed by atoms with Gasteiger partial charge in [0, 0.05) is 45.9 Å². The van der Waals surface area contributed by atoms with Crippen LogP contribution in [0.5, 0.6) is 0 Å². The van der Waals surface area contributed by atoms with Crippen molar-refractivity contribution in [1.82, 2.24) is 15.1 Å². The van der Waals surface area contributed by atoms with E-state index in [-0.39, 0.29) is 12.1 Å². The lowest BCUT2D eigenvalue weighted by atomic mass is 10.2. The molecule has 24 heavy (non-hydrogen) atoms. The molecule has 0 aliphatic carbocycles. The summed E-state index contributed by atoms with van der Waals surface area (Å²) in [5, 5.41) is 3.00. The molecule has 1 aromatic carbocycles. The molecule has 2 amide bonds. The van der Waals surface area contributed by atoms with Crippen molar-refractivity contribution in [2.75, 3.05) is 45.9 Å². The van der Waals surface area contributed by atoms with Crippen LogP contribution >= 0.6 is 0 Å². The highest BCUT2D eigenvalue weighted by molar-refractivity contribution is 5.74. The first-order valence-corrected chi connectivity index (χ1v) is 8.89. The van der Waals surface area contributed by atoms with Gasteiger partial charge in [-0.25, -0.2) is 4.79 Å². The zero-order valence-electron chi connectivity index (χ0n) is 14.2. The normalized spacial score (nSPS) is 22.2. The SMILES string of the molecule is O=C(NCC1CCCO1)N1CCN(C/C=C/c2ccccc2)CC1. The molecule has 1 unspecified atom stereocenters. The number of ether oxygens (including phenoxy) is 1. The minimum absolute atomic E-state index is 0.0463. The van der Waals surface area contributed by atoms with Crippen LogP contribution in [-0.2, 0) is 4.74 Å². The van der Waals surface area contributed by atoms with Gasteiger partial charge in [-0.3, -0.25) is 4.90 Å². The van der Waals surface area contributed by atoms with Crippen molar-refractivity contribution >= 4 is 12.1 Å². The van der Waals surface area contributed by atoms with Crippen molar-refractivity contribution in [2.24, 2.45) is 0 Å². The lowest BCUT2D eigenvalue weighted by Gasteiger charge is -2.34. The third-order valence-corrected chi connectivity index (χ3v) is 4.64. The Kier molecular flexibility index (Phi) is 6.26. The summed E-state index contributed by atoms with van der Waals surface area (Å²) >= 11 is 0. The number of hydrogen-bond donors (Lipinski definition) is 1. The minimum Gasteiger partial charge on any atom is -0.376 e. The van der Waals surface area contributed by atoms with Crippen LogP contribution < -0.4 is 5.32 Å². The van der Waals surface area contributed by atoms with Crippen LogP contribution in [-0.4, -0.2) is 67.8 Å². The summed E-state index contributed by atoms with van der Waals surface area (Å²) in [6.45, 7) is 5.82. The lowest BCUT2D eigenvalue weighted by molar-refractivity contribution is 0.105. The topological polar surface area (TPSA) is 44.8 Å². The van der Waals surface area contributed by atoms with Gasteiger partial charge in [-0.05, 0) is 18.4 Å². The van der Waals surface area contributed by atoms with Crippen molar-refractivity contribution in [2.45, 2.75) is 18.9 Å². The first-order chi connectivity index (χ1) is 11.8. The summed E-state index contributed by atoms with van der Waals surface area (Å²) in [4.78, 5) is 16.5. The van der Waals surface area contributed by atoms with Crippen LogP contribution in [0, 0.1) is 0 Å². The molecule has 0 saturated carbocycles. The zero-order valence-corrected chi connectivity index (χ0v) is 14.2. The minimum atomic E-state index is 0.0463. The van der Waals surface area contributed by atoms with Gasteiger partial charge in [-0.1, -0.05) is 42.5 Å². The van der Waals surface area contributed by atoms with E-state index < -0.39 is 0 Å². The van der Waals surface area contributed by atoms with E-state index in [0.29, 0.717) is 6.54 Å². The summed E-state index contributed by atoms with van der Waals surface area (Å²) in [7, 11) is 0. The van der Waals surface area contributed by atoms with Crippen LogP contribution in [0.2, 0.25) is 0 Å². The Morgan fingerprint density at radius 3 is 2.71 bits per heavy atom. The average Bonchev–Trinajstić information content (AvgIpc) is 3.15. The summed E-state index contributed by atoms with van der Waals surface area (Å²) in [5.74, 6) is 0. The monoisotopic (exact) mass is 329 g/mol. The number of amides is 2. The average molecular weight is 329 g/mol. The second-order valence-electron chi connectivity index (χ2n) is 6.42. The molecule has 2 aliphatic heterocycles. The second kappa shape index (κ2) is 8.85. The van der Waals surface area contributed by atoms with Crippen molar-refractivity contribution in [3.8, 4) is 0 Å². The van der Waals surface area contributed by atoms with E-state index >= 15 is 0 Å². The van der Waals surface area contributed by atoms with Crippen LogP contribution in [0.1, 0.15) is 18.4 Å². The second-order valence-corrected chi connectivity index (χ2v) is 6.42. The van der Waals surface area contributed by atoms with Gasteiger partial charge in [0.1, 0.15) is 0 Å². The van der Waals surface area contributed by atoms with Gasteiger partial charge in [0.05, 0.1) is 6.10 Å². The van der Waals surface area contributed by atoms with Gasteiger partial charge < -0.3 is 15.0 Å². The molecule has 1 N–H and O–H groups in total. The Hall–Kier alpha value is -1.85. The van der Waals surface area contributed by atoms with E-state index in [1.165, 1.54) is 5.56 Å². The Balaban J connectivity index is 1.34. The molecule has 1 atom stereocenters. The number of nitrogens with one attached hydrogen (secondary N) is 1. The van der Waals surface area contributed by atoms with Crippen molar-refractivity contribution in [3.63, 3.8) is 0 Å². The summed E-state index contributed by atoms with van der Waals surface area (Å²) in [6.07, 6.45) is 6.72. The molecule has 2 aliphatic rings. The van der Waals surface area contributed by atoms with E-state index in [1.807, 2.05) is 23.1 Å². The van der Waals surface area contributed by atoms with E-state index in [1.54, 1.807) is 0 Å². The Bertz CT molecular complexity index is 533. The van der Waals surface area contributed by atoms with Gasteiger partial charge in [-0.15, -0.1) is 0 Å². The standard InChI is InChI=1S/C19H27N3O2/c23-19(20-16-18-9-5-15-24-18)22-13-11-21(12-14-22)10-4-8-17-6-2-1-3-7-17/h1-4,6-8,18H,5,9-16H2,(H,20,23)/b8-4+. The summed E-state index contributed by atoms with van der Waals surface area (Å²) in [6, 6.07) is 10.4. The Morgan fingerprint density at radius 2 is 2.00 bits per heavy atom. The number of piperazine rings is 1. The summed E-state index contributed by atoms with van der Waals surface area (Å²) < 4.78 is 5.54. The van der Waals surface area contributed by atoms with Gasteiger partial charge in [0.2, 0.25) is 0 Å². The molecule has 5 nitrogen and oxygen atoms in total. The molecular weight excluding hydrogens is 302 g/mol. The highest BCUT2D eigenvalue weighted by Gasteiger charge is 2.22. The molecule has 0 spiro atoms. The number of carbonyl (C=O) groups excluding carboxylic acids is 1. The molecule has 0 bridgehead atoms. The zero-order chi connectivity index (χ0) is 16.6. The van der Waals surface area contributed by atoms with E-state index in [9.17, 15) is 4.79 Å². The molecule has 5 heteroatoms. The fourth-order valence-electron chi connectivity index (χ4n) is 3.15. The predicted molar refractivity (Wildman–Crippen MR) is 95.9 cm³/mol. The number of carbonyl (C=O) groups is 1. The maximum Gasteiger partial charge on any atom is 0.317 e. The molecule has 130 valence electrons. The first kappa shape index (κ1) is 17.0. The van der Waals surface area contributed by atoms with E-state index in [2.05, 4.69) is 34.5 Å². The maximum atomic E-state index is 12.2. The van der Waals surface area contributed by atoms with Gasteiger partial charge in [0.15, 0.2) is 0 Å². The highest BCUT2D eigenvalue weighted by Crippen LogP contribution is 2.11. The largest absolute Gasteiger partial charge is 0.376 e. The Labute approximate surface area is 144 Å². The highest BCUT2D eigenvalue weighted by atomic mass is 16.5. The Morgan fingerprint density at radius 1 is 1.21 bits per heavy atom. The van der Waals surface area contributed by atoms with Crippen LogP contribution in [0.25, 0.3) is 6.08 Å². The summed E-state index contributed by atoms with van der Waals surface area (Å²) in [5.41, 5.74) is 1.23. The van der Waals surface area contributed by atoms with Crippen LogP contribution in [0.3, 0.4) is 0 Å². The van der Waals surface area contributed by atoms with E-state index in [0.717, 1.165) is 52.2 Å². The third-order valence-electron chi connectivity index (χ3n) is 4.64. The van der Waals surface area contributed by atoms with Crippen molar-refractivity contribution < 1.29 is 9.53 Å². The number of rotatable bonds is 5. The van der Waals surface area contributed by atoms with E-state index in [4.69, 9.17) is 4.74 Å². The van der Waals surface area contributed by atoms with Crippen LogP contribution in [0.15, 0.2) is 36.4 Å². The molecular formula is C19H27N3O2. The van der Waals surface area contributed by atoms with Gasteiger partial charge in [0.25, 0.3) is 0 Å². The predicted octanol–water partition coefficient (Wildman–Crippen LogP) is 2.21. The quantitative estimate of drug-likeness (QED) is 0.901.